The normalized spacial score (nSPS) is 10.6. The van der Waals surface area contributed by atoms with Gasteiger partial charge in [0, 0.05) is 18.7 Å². The van der Waals surface area contributed by atoms with E-state index >= 15 is 0 Å². The summed E-state index contributed by atoms with van der Waals surface area (Å²) >= 11 is 1.23. The van der Waals surface area contributed by atoms with Gasteiger partial charge in [-0.1, -0.05) is 30.0 Å². The number of aromatic nitrogens is 3. The van der Waals surface area contributed by atoms with E-state index < -0.39 is 5.97 Å². The van der Waals surface area contributed by atoms with Crippen molar-refractivity contribution in [2.24, 2.45) is 0 Å². The van der Waals surface area contributed by atoms with E-state index in [0.29, 0.717) is 29.6 Å². The Balaban J connectivity index is 1.60. The van der Waals surface area contributed by atoms with Crippen LogP contribution < -0.4 is 5.32 Å². The number of halogens is 1. The van der Waals surface area contributed by atoms with Crippen molar-refractivity contribution in [1.82, 2.24) is 20.1 Å². The number of nitrogens with one attached hydrogen (secondary N) is 1. The third kappa shape index (κ3) is 5.32. The van der Waals surface area contributed by atoms with Gasteiger partial charge in [-0.25, -0.2) is 9.18 Å². The lowest BCUT2D eigenvalue weighted by atomic mass is 10.1. The molecule has 1 aromatic heterocycles. The second-order valence-electron chi connectivity index (χ2n) is 6.28. The lowest BCUT2D eigenvalue weighted by Gasteiger charge is -2.08. The number of amides is 1. The molecule has 154 valence electrons. The molecule has 1 heterocycles. The largest absolute Gasteiger partial charge is 0.478 e. The summed E-state index contributed by atoms with van der Waals surface area (Å²) in [6, 6.07) is 12.3. The molecular weight excluding hydrogens is 407 g/mol. The van der Waals surface area contributed by atoms with E-state index in [1.165, 1.54) is 36.0 Å². The van der Waals surface area contributed by atoms with Gasteiger partial charge in [0.25, 0.3) is 0 Å². The molecule has 0 radical (unpaired) electrons. The lowest BCUT2D eigenvalue weighted by molar-refractivity contribution is -0.118. The van der Waals surface area contributed by atoms with Crippen LogP contribution in [0.15, 0.2) is 66.3 Å². The Hall–Kier alpha value is -3.46. The molecule has 0 saturated heterocycles. The molecule has 0 spiro atoms. The minimum absolute atomic E-state index is 0.131. The number of hydrogen-bond donors (Lipinski definition) is 2. The lowest BCUT2D eigenvalue weighted by Crippen LogP contribution is -2.24. The molecule has 0 saturated carbocycles. The third-order valence-electron chi connectivity index (χ3n) is 4.15. The zero-order valence-electron chi connectivity index (χ0n) is 15.9. The number of carbonyl (C=O) groups is 2. The maximum Gasteiger partial charge on any atom is 0.335 e. The van der Waals surface area contributed by atoms with E-state index in [-0.39, 0.29) is 23.0 Å². The molecule has 0 unspecified atom stereocenters. The van der Waals surface area contributed by atoms with Crippen LogP contribution in [0.4, 0.5) is 4.39 Å². The minimum Gasteiger partial charge on any atom is -0.478 e. The molecule has 2 N–H and O–H groups in total. The highest BCUT2D eigenvalue weighted by atomic mass is 32.2. The summed E-state index contributed by atoms with van der Waals surface area (Å²) in [6.07, 6.45) is 1.70. The number of aromatic carboxylic acids is 1. The summed E-state index contributed by atoms with van der Waals surface area (Å²) in [4.78, 5) is 23.1. The number of allylic oxidation sites excluding steroid dienone is 1. The summed E-state index contributed by atoms with van der Waals surface area (Å²) in [7, 11) is 0. The van der Waals surface area contributed by atoms with Gasteiger partial charge in [-0.15, -0.1) is 16.8 Å². The summed E-state index contributed by atoms with van der Waals surface area (Å²) in [6.45, 7) is 4.47. The van der Waals surface area contributed by atoms with Gasteiger partial charge in [0.2, 0.25) is 5.91 Å². The Labute approximate surface area is 176 Å². The number of carboxylic acids is 1. The van der Waals surface area contributed by atoms with E-state index in [1.807, 2.05) is 4.57 Å². The van der Waals surface area contributed by atoms with Gasteiger partial charge in [-0.3, -0.25) is 9.36 Å². The summed E-state index contributed by atoms with van der Waals surface area (Å²) < 4.78 is 15.0. The Morgan fingerprint density at radius 2 is 1.83 bits per heavy atom. The van der Waals surface area contributed by atoms with Crippen LogP contribution in [0.1, 0.15) is 15.9 Å². The van der Waals surface area contributed by atoms with Crippen LogP contribution in [0.2, 0.25) is 0 Å². The second-order valence-corrected chi connectivity index (χ2v) is 7.22. The molecular formula is C21H19FN4O3S. The average molecular weight is 426 g/mol. The molecule has 3 rings (SSSR count). The molecule has 2 aromatic carbocycles. The smallest absolute Gasteiger partial charge is 0.335 e. The number of thioether (sulfide) groups is 1. The number of carbonyl (C=O) groups excluding carboxylic acids is 1. The molecule has 0 aliphatic rings. The zero-order valence-corrected chi connectivity index (χ0v) is 16.7. The topological polar surface area (TPSA) is 97.1 Å². The quantitative estimate of drug-likeness (QED) is 0.402. The van der Waals surface area contributed by atoms with Crippen molar-refractivity contribution in [3.05, 3.63) is 78.1 Å². The maximum atomic E-state index is 13.2. The van der Waals surface area contributed by atoms with Crippen molar-refractivity contribution in [1.29, 1.82) is 0 Å². The molecule has 0 bridgehead atoms. The van der Waals surface area contributed by atoms with Crippen LogP contribution in [0, 0.1) is 5.82 Å². The molecule has 7 nitrogen and oxygen atoms in total. The predicted molar refractivity (Wildman–Crippen MR) is 112 cm³/mol. The molecule has 0 fully saturated rings. The Morgan fingerprint density at radius 3 is 2.47 bits per heavy atom. The van der Waals surface area contributed by atoms with Crippen molar-refractivity contribution < 1.29 is 19.1 Å². The summed E-state index contributed by atoms with van der Waals surface area (Å²) in [5, 5.41) is 20.6. The van der Waals surface area contributed by atoms with Gasteiger partial charge < -0.3 is 10.4 Å². The highest BCUT2D eigenvalue weighted by Gasteiger charge is 2.15. The first kappa shape index (κ1) is 21.3. The van der Waals surface area contributed by atoms with Gasteiger partial charge in [0.1, 0.15) is 5.82 Å². The van der Waals surface area contributed by atoms with Crippen LogP contribution in [-0.2, 0) is 17.9 Å². The van der Waals surface area contributed by atoms with E-state index in [1.54, 1.807) is 30.3 Å². The molecule has 9 heteroatoms. The van der Waals surface area contributed by atoms with Crippen LogP contribution >= 0.6 is 11.8 Å². The van der Waals surface area contributed by atoms with Crippen LogP contribution in [0.5, 0.6) is 0 Å². The maximum absolute atomic E-state index is 13.2. The fourth-order valence-corrected chi connectivity index (χ4v) is 3.43. The van der Waals surface area contributed by atoms with Crippen LogP contribution in [0.25, 0.3) is 11.4 Å². The van der Waals surface area contributed by atoms with Crippen molar-refractivity contribution in [3.63, 3.8) is 0 Å². The Kier molecular flexibility index (Phi) is 6.97. The van der Waals surface area contributed by atoms with Crippen molar-refractivity contribution >= 4 is 23.6 Å². The number of benzene rings is 2. The number of rotatable bonds is 9. The molecule has 0 aliphatic carbocycles. The molecule has 0 aliphatic heterocycles. The number of carboxylic acid groups (broad SMARTS) is 1. The molecule has 30 heavy (non-hydrogen) atoms. The molecule has 3 aromatic rings. The SMILES string of the molecule is C=CCn1c(SCC(=O)NCc2ccc(C(=O)O)cc2)nnc1-c1ccc(F)cc1. The number of nitrogens with zero attached hydrogens (tertiary/aromatic N) is 3. The fourth-order valence-electron chi connectivity index (χ4n) is 2.65. The highest BCUT2D eigenvalue weighted by molar-refractivity contribution is 7.99. The summed E-state index contributed by atoms with van der Waals surface area (Å²) in [5.74, 6) is -0.829. The van der Waals surface area contributed by atoms with E-state index in [2.05, 4.69) is 22.1 Å². The predicted octanol–water partition coefficient (Wildman–Crippen LogP) is 3.38. The molecule has 1 amide bonds. The van der Waals surface area contributed by atoms with E-state index in [0.717, 1.165) is 5.56 Å². The van der Waals surface area contributed by atoms with Crippen molar-refractivity contribution in [2.45, 2.75) is 18.2 Å². The van der Waals surface area contributed by atoms with E-state index in [9.17, 15) is 14.0 Å². The van der Waals surface area contributed by atoms with Crippen LogP contribution in [-0.4, -0.2) is 37.5 Å². The standard InChI is InChI=1S/C21H19FN4O3S/c1-2-11-26-19(15-7-9-17(22)10-8-15)24-25-21(26)30-13-18(27)23-12-14-3-5-16(6-4-14)20(28)29/h2-10H,1,11-13H2,(H,23,27)(H,28,29). The van der Waals surface area contributed by atoms with Gasteiger partial charge >= 0.3 is 5.97 Å². The first-order chi connectivity index (χ1) is 14.5. The Bertz CT molecular complexity index is 1050. The van der Waals surface area contributed by atoms with Gasteiger partial charge in [-0.2, -0.15) is 0 Å². The first-order valence-corrected chi connectivity index (χ1v) is 9.98. The van der Waals surface area contributed by atoms with Gasteiger partial charge in [0.15, 0.2) is 11.0 Å². The minimum atomic E-state index is -0.995. The second kappa shape index (κ2) is 9.84. The van der Waals surface area contributed by atoms with Crippen molar-refractivity contribution in [3.8, 4) is 11.4 Å². The average Bonchev–Trinajstić information content (AvgIpc) is 3.14. The van der Waals surface area contributed by atoms with Crippen LogP contribution in [0.3, 0.4) is 0 Å². The zero-order chi connectivity index (χ0) is 21.5. The fraction of sp³-hybridized carbons (Fsp3) is 0.143. The van der Waals surface area contributed by atoms with Gasteiger partial charge in [-0.05, 0) is 42.0 Å². The number of hydrogen-bond acceptors (Lipinski definition) is 5. The Morgan fingerprint density at radius 1 is 1.13 bits per heavy atom. The summed E-state index contributed by atoms with van der Waals surface area (Å²) in [5.41, 5.74) is 1.71. The van der Waals surface area contributed by atoms with Crippen molar-refractivity contribution in [2.75, 3.05) is 5.75 Å². The molecule has 0 atom stereocenters. The monoisotopic (exact) mass is 426 g/mol. The van der Waals surface area contributed by atoms with E-state index in [4.69, 9.17) is 5.11 Å². The highest BCUT2D eigenvalue weighted by Crippen LogP contribution is 2.24. The van der Waals surface area contributed by atoms with Gasteiger partial charge in [0.05, 0.1) is 11.3 Å². The third-order valence-corrected chi connectivity index (χ3v) is 5.12. The first-order valence-electron chi connectivity index (χ1n) is 8.99.